The lowest BCUT2D eigenvalue weighted by Crippen LogP contribution is -2.10. The summed E-state index contributed by atoms with van der Waals surface area (Å²) in [6.45, 7) is 2.06. The summed E-state index contributed by atoms with van der Waals surface area (Å²) in [5.74, 6) is 4.36. The Morgan fingerprint density at radius 3 is 2.86 bits per heavy atom. The molecule has 5 heteroatoms. The van der Waals surface area contributed by atoms with Crippen LogP contribution in [0.3, 0.4) is 0 Å². The quantitative estimate of drug-likeness (QED) is 0.682. The summed E-state index contributed by atoms with van der Waals surface area (Å²) in [4.78, 5) is 4.48. The van der Waals surface area contributed by atoms with E-state index in [1.54, 1.807) is 6.07 Å². The third kappa shape index (κ3) is 2.45. The first-order valence-electron chi connectivity index (χ1n) is 4.03. The Labute approximate surface area is 95.3 Å². The van der Waals surface area contributed by atoms with Gasteiger partial charge in [-0.15, -0.1) is 0 Å². The highest BCUT2D eigenvalue weighted by atomic mass is 79.9. The van der Waals surface area contributed by atoms with Crippen LogP contribution in [0.4, 0.5) is 4.39 Å². The molecule has 0 aliphatic heterocycles. The highest BCUT2D eigenvalue weighted by Gasteiger charge is 2.17. The van der Waals surface area contributed by atoms with Crippen molar-refractivity contribution in [2.24, 2.45) is 5.90 Å². The predicted octanol–water partition coefficient (Wildman–Crippen LogP) is 3.24. The molecular formula is C9H10BrClFNO. The third-order valence-corrected chi connectivity index (χ3v) is 2.90. The number of rotatable bonds is 3. The highest BCUT2D eigenvalue weighted by molar-refractivity contribution is 9.10. The van der Waals surface area contributed by atoms with E-state index in [4.69, 9.17) is 17.5 Å². The number of hydrogen-bond acceptors (Lipinski definition) is 2. The molecule has 2 N–H and O–H groups in total. The minimum Gasteiger partial charge on any atom is -0.304 e. The average Bonchev–Trinajstić information content (AvgIpc) is 2.13. The van der Waals surface area contributed by atoms with Gasteiger partial charge in [-0.2, -0.15) is 0 Å². The minimum atomic E-state index is -0.425. The van der Waals surface area contributed by atoms with Crippen LogP contribution in [-0.4, -0.2) is 6.61 Å². The molecule has 0 fully saturated rings. The molecule has 0 bridgehead atoms. The molecule has 14 heavy (non-hydrogen) atoms. The topological polar surface area (TPSA) is 35.2 Å². The summed E-state index contributed by atoms with van der Waals surface area (Å²) in [6, 6.07) is 3.20. The molecular weight excluding hydrogens is 272 g/mol. The number of benzene rings is 1. The van der Waals surface area contributed by atoms with Crippen molar-refractivity contribution in [2.75, 3.05) is 6.61 Å². The van der Waals surface area contributed by atoms with Gasteiger partial charge in [0.1, 0.15) is 5.82 Å². The monoisotopic (exact) mass is 281 g/mol. The van der Waals surface area contributed by atoms with Crippen LogP contribution < -0.4 is 5.90 Å². The fraction of sp³-hybridized carbons (Fsp3) is 0.333. The molecule has 0 amide bonds. The molecule has 1 unspecified atom stereocenters. The lowest BCUT2D eigenvalue weighted by molar-refractivity contribution is 0.125. The third-order valence-electron chi connectivity index (χ3n) is 1.92. The lowest BCUT2D eigenvalue weighted by Gasteiger charge is -2.13. The largest absolute Gasteiger partial charge is 0.304 e. The molecule has 0 aliphatic carbocycles. The molecule has 1 rings (SSSR count). The van der Waals surface area contributed by atoms with E-state index in [-0.39, 0.29) is 17.5 Å². The molecule has 0 aliphatic rings. The molecule has 0 spiro atoms. The van der Waals surface area contributed by atoms with Crippen molar-refractivity contribution in [1.29, 1.82) is 0 Å². The predicted molar refractivity (Wildman–Crippen MR) is 57.7 cm³/mol. The first kappa shape index (κ1) is 11.9. The first-order chi connectivity index (χ1) is 6.57. The summed E-state index contributed by atoms with van der Waals surface area (Å²) >= 11 is 8.92. The molecule has 2 nitrogen and oxygen atoms in total. The maximum absolute atomic E-state index is 13.6. The van der Waals surface area contributed by atoms with Crippen LogP contribution >= 0.6 is 27.5 Å². The molecule has 1 aromatic carbocycles. The second-order valence-electron chi connectivity index (χ2n) is 2.99. The van der Waals surface area contributed by atoms with Gasteiger partial charge in [-0.05, 0) is 12.1 Å². The SMILES string of the molecule is CC(CON)c1c(Br)ccc(Cl)c1F. The van der Waals surface area contributed by atoms with E-state index in [0.29, 0.717) is 10.0 Å². The second kappa shape index (κ2) is 5.07. The van der Waals surface area contributed by atoms with Crippen LogP contribution in [0, 0.1) is 5.82 Å². The Morgan fingerprint density at radius 1 is 1.64 bits per heavy atom. The Bertz CT molecular complexity index is 335. The minimum absolute atomic E-state index is 0.104. The maximum Gasteiger partial charge on any atom is 0.146 e. The van der Waals surface area contributed by atoms with Gasteiger partial charge in [0.05, 0.1) is 11.6 Å². The van der Waals surface area contributed by atoms with Crippen molar-refractivity contribution in [3.63, 3.8) is 0 Å². The van der Waals surface area contributed by atoms with Crippen molar-refractivity contribution in [3.8, 4) is 0 Å². The van der Waals surface area contributed by atoms with Crippen LogP contribution in [0.1, 0.15) is 18.4 Å². The van der Waals surface area contributed by atoms with E-state index in [1.165, 1.54) is 6.07 Å². The zero-order chi connectivity index (χ0) is 10.7. The van der Waals surface area contributed by atoms with Crippen LogP contribution in [0.15, 0.2) is 16.6 Å². The summed E-state index contributed by atoms with van der Waals surface area (Å²) < 4.78 is 14.2. The fourth-order valence-corrected chi connectivity index (χ4v) is 2.08. The molecule has 0 aromatic heterocycles. The summed E-state index contributed by atoms with van der Waals surface area (Å²) in [5, 5.41) is 0.104. The van der Waals surface area contributed by atoms with Gasteiger partial charge in [0, 0.05) is 16.0 Å². The molecule has 0 heterocycles. The molecule has 0 radical (unpaired) electrons. The molecule has 78 valence electrons. The average molecular weight is 283 g/mol. The molecule has 1 aromatic rings. The van der Waals surface area contributed by atoms with Crippen molar-refractivity contribution in [1.82, 2.24) is 0 Å². The van der Waals surface area contributed by atoms with Gasteiger partial charge in [0.25, 0.3) is 0 Å². The Kier molecular flexibility index (Phi) is 4.31. The van der Waals surface area contributed by atoms with E-state index < -0.39 is 5.82 Å². The van der Waals surface area contributed by atoms with E-state index in [0.717, 1.165) is 0 Å². The van der Waals surface area contributed by atoms with E-state index >= 15 is 0 Å². The lowest BCUT2D eigenvalue weighted by atomic mass is 10.0. The van der Waals surface area contributed by atoms with E-state index in [2.05, 4.69) is 20.8 Å². The standard InChI is InChI=1S/C9H10BrClFNO/c1-5(4-14-13)8-6(10)2-3-7(11)9(8)12/h2-3,5H,4,13H2,1H3. The smallest absolute Gasteiger partial charge is 0.146 e. The summed E-state index contributed by atoms with van der Waals surface area (Å²) in [5.41, 5.74) is 0.489. The molecule has 1 atom stereocenters. The molecule has 0 saturated heterocycles. The van der Waals surface area contributed by atoms with Gasteiger partial charge < -0.3 is 4.84 Å². The Morgan fingerprint density at radius 2 is 2.29 bits per heavy atom. The summed E-state index contributed by atoms with van der Waals surface area (Å²) in [7, 11) is 0. The zero-order valence-corrected chi connectivity index (χ0v) is 9.90. The zero-order valence-electron chi connectivity index (χ0n) is 7.56. The van der Waals surface area contributed by atoms with Crippen LogP contribution in [-0.2, 0) is 4.84 Å². The Hall–Kier alpha value is -0.160. The fourth-order valence-electron chi connectivity index (χ4n) is 1.22. The van der Waals surface area contributed by atoms with Crippen molar-refractivity contribution < 1.29 is 9.23 Å². The number of hydrogen-bond donors (Lipinski definition) is 1. The first-order valence-corrected chi connectivity index (χ1v) is 5.20. The second-order valence-corrected chi connectivity index (χ2v) is 4.25. The van der Waals surface area contributed by atoms with Gasteiger partial charge in [-0.1, -0.05) is 34.5 Å². The van der Waals surface area contributed by atoms with Gasteiger partial charge >= 0.3 is 0 Å². The highest BCUT2D eigenvalue weighted by Crippen LogP contribution is 2.31. The van der Waals surface area contributed by atoms with Gasteiger partial charge in [-0.25, -0.2) is 10.3 Å². The molecule has 0 saturated carbocycles. The van der Waals surface area contributed by atoms with Gasteiger partial charge in [0.15, 0.2) is 0 Å². The summed E-state index contributed by atoms with van der Waals surface area (Å²) in [6.07, 6.45) is 0. The van der Waals surface area contributed by atoms with E-state index in [1.807, 2.05) is 6.92 Å². The van der Waals surface area contributed by atoms with Crippen LogP contribution in [0.2, 0.25) is 5.02 Å². The van der Waals surface area contributed by atoms with E-state index in [9.17, 15) is 4.39 Å². The number of halogens is 3. The number of nitrogens with two attached hydrogens (primary N) is 1. The Balaban J connectivity index is 3.11. The van der Waals surface area contributed by atoms with Crippen molar-refractivity contribution in [2.45, 2.75) is 12.8 Å². The van der Waals surface area contributed by atoms with Crippen molar-refractivity contribution >= 4 is 27.5 Å². The maximum atomic E-state index is 13.6. The normalized spacial score (nSPS) is 12.9. The van der Waals surface area contributed by atoms with Crippen LogP contribution in [0.5, 0.6) is 0 Å². The van der Waals surface area contributed by atoms with Gasteiger partial charge in [-0.3, -0.25) is 0 Å². The van der Waals surface area contributed by atoms with Crippen LogP contribution in [0.25, 0.3) is 0 Å². The van der Waals surface area contributed by atoms with Gasteiger partial charge in [0.2, 0.25) is 0 Å². The van der Waals surface area contributed by atoms with Crippen molar-refractivity contribution in [3.05, 3.63) is 33.0 Å².